The van der Waals surface area contributed by atoms with Crippen LogP contribution in [0.1, 0.15) is 20.8 Å². The smallest absolute Gasteiger partial charge is 0.160 e. The molecule has 0 bridgehead atoms. The van der Waals surface area contributed by atoms with Gasteiger partial charge in [-0.2, -0.15) is 0 Å². The number of methoxy groups -OCH3 is 2. The lowest BCUT2D eigenvalue weighted by atomic mass is 10.0. The van der Waals surface area contributed by atoms with Crippen LogP contribution in [0.5, 0.6) is 17.2 Å². The molecule has 0 fully saturated rings. The third-order valence-corrected chi connectivity index (χ3v) is 8.39. The van der Waals surface area contributed by atoms with Crippen LogP contribution < -0.4 is 19.5 Å². The van der Waals surface area contributed by atoms with Crippen molar-refractivity contribution in [1.29, 1.82) is 0 Å². The number of rotatable bonds is 3. The zero-order valence-electron chi connectivity index (χ0n) is 14.8. The van der Waals surface area contributed by atoms with Gasteiger partial charge in [0.05, 0.1) is 25.1 Å². The van der Waals surface area contributed by atoms with E-state index in [9.17, 15) is 4.57 Å². The number of hydrogen-bond donors (Lipinski definition) is 0. The van der Waals surface area contributed by atoms with Gasteiger partial charge in [0.2, 0.25) is 0 Å². The molecule has 2 aromatic carbocycles. The predicted molar refractivity (Wildman–Crippen MR) is 97.5 cm³/mol. The Kier molecular flexibility index (Phi) is 4.13. The van der Waals surface area contributed by atoms with Gasteiger partial charge in [0.15, 0.2) is 7.14 Å². The van der Waals surface area contributed by atoms with Gasteiger partial charge in [-0.3, -0.25) is 0 Å². The molecule has 1 aliphatic rings. The van der Waals surface area contributed by atoms with Gasteiger partial charge in [-0.15, -0.1) is 0 Å². The summed E-state index contributed by atoms with van der Waals surface area (Å²) in [5.41, 5.74) is 1.67. The predicted octanol–water partition coefficient (Wildman–Crippen LogP) is 4.51. The van der Waals surface area contributed by atoms with Crippen molar-refractivity contribution in [3.8, 4) is 28.4 Å². The monoisotopic (exact) mass is 346 g/mol. The van der Waals surface area contributed by atoms with E-state index in [2.05, 4.69) is 0 Å². The Hall–Kier alpha value is -1.93. The highest BCUT2D eigenvalue weighted by atomic mass is 31.2. The van der Waals surface area contributed by atoms with Gasteiger partial charge in [0.25, 0.3) is 0 Å². The topological polar surface area (TPSA) is 44.8 Å². The maximum Gasteiger partial charge on any atom is 0.160 e. The fraction of sp³-hybridized carbons (Fsp3) is 0.368. The Bertz CT molecular complexity index is 798. The van der Waals surface area contributed by atoms with Crippen LogP contribution in [-0.2, 0) is 4.57 Å². The first-order chi connectivity index (χ1) is 11.3. The van der Waals surface area contributed by atoms with Gasteiger partial charge in [-0.25, -0.2) is 0 Å². The molecule has 0 spiro atoms. The molecular formula is C19H23O4P. The lowest BCUT2D eigenvalue weighted by Crippen LogP contribution is -2.23. The third kappa shape index (κ3) is 2.41. The van der Waals surface area contributed by atoms with Gasteiger partial charge in [0.1, 0.15) is 23.6 Å². The SMILES string of the molecule is COc1cccc(OC)c1-c1cccc2c1[P@@](=O)(C(C)(C)C)CO2. The van der Waals surface area contributed by atoms with Crippen molar-refractivity contribution in [3.63, 3.8) is 0 Å². The van der Waals surface area contributed by atoms with E-state index < -0.39 is 7.14 Å². The second-order valence-corrected chi connectivity index (χ2v) is 10.4. The Morgan fingerprint density at radius 2 is 1.58 bits per heavy atom. The highest BCUT2D eigenvalue weighted by Gasteiger charge is 2.47. The zero-order chi connectivity index (χ0) is 17.5. The highest BCUT2D eigenvalue weighted by Crippen LogP contribution is 2.63. The highest BCUT2D eigenvalue weighted by molar-refractivity contribution is 7.73. The molecule has 2 aromatic rings. The molecule has 0 aliphatic carbocycles. The lowest BCUT2D eigenvalue weighted by molar-refractivity contribution is 0.389. The number of ether oxygens (including phenoxy) is 3. The minimum Gasteiger partial charge on any atom is -0.496 e. The van der Waals surface area contributed by atoms with E-state index in [-0.39, 0.29) is 11.5 Å². The van der Waals surface area contributed by atoms with E-state index in [1.54, 1.807) is 14.2 Å². The quantitative estimate of drug-likeness (QED) is 0.767. The molecule has 1 heterocycles. The van der Waals surface area contributed by atoms with Crippen molar-refractivity contribution in [3.05, 3.63) is 36.4 Å². The average molecular weight is 346 g/mol. The van der Waals surface area contributed by atoms with Crippen LogP contribution in [-0.4, -0.2) is 25.7 Å². The van der Waals surface area contributed by atoms with Crippen LogP contribution in [0.3, 0.4) is 0 Å². The van der Waals surface area contributed by atoms with Gasteiger partial charge >= 0.3 is 0 Å². The van der Waals surface area contributed by atoms with Crippen LogP contribution in [0.2, 0.25) is 0 Å². The third-order valence-electron chi connectivity index (χ3n) is 4.54. The normalized spacial score (nSPS) is 19.5. The fourth-order valence-corrected chi connectivity index (χ4v) is 5.66. The van der Waals surface area contributed by atoms with Gasteiger partial charge in [-0.1, -0.05) is 39.0 Å². The van der Waals surface area contributed by atoms with Crippen LogP contribution in [0.25, 0.3) is 11.1 Å². The second-order valence-electron chi connectivity index (χ2n) is 6.87. The Balaban J connectivity index is 2.35. The maximum absolute atomic E-state index is 13.8. The van der Waals surface area contributed by atoms with E-state index in [1.807, 2.05) is 57.2 Å². The van der Waals surface area contributed by atoms with Crippen LogP contribution in [0, 0.1) is 0 Å². The van der Waals surface area contributed by atoms with Gasteiger partial charge < -0.3 is 18.8 Å². The fourth-order valence-electron chi connectivity index (χ4n) is 3.08. The van der Waals surface area contributed by atoms with Crippen molar-refractivity contribution in [2.75, 3.05) is 20.6 Å². The molecule has 128 valence electrons. The Morgan fingerprint density at radius 3 is 2.12 bits per heavy atom. The summed E-state index contributed by atoms with van der Waals surface area (Å²) >= 11 is 0. The molecule has 0 saturated heterocycles. The van der Waals surface area contributed by atoms with Gasteiger partial charge in [-0.05, 0) is 18.2 Å². The molecule has 4 nitrogen and oxygen atoms in total. The summed E-state index contributed by atoms with van der Waals surface area (Å²) in [5, 5.41) is 0.407. The van der Waals surface area contributed by atoms with E-state index in [0.717, 1.165) is 16.4 Å². The number of fused-ring (bicyclic) bond motifs is 1. The van der Waals surface area contributed by atoms with E-state index in [4.69, 9.17) is 14.2 Å². The minimum atomic E-state index is -2.74. The molecule has 5 heteroatoms. The minimum absolute atomic E-state index is 0.236. The van der Waals surface area contributed by atoms with Crippen LogP contribution in [0.15, 0.2) is 36.4 Å². The van der Waals surface area contributed by atoms with Crippen molar-refractivity contribution in [2.45, 2.75) is 25.9 Å². The van der Waals surface area contributed by atoms with Crippen molar-refractivity contribution in [2.24, 2.45) is 0 Å². The van der Waals surface area contributed by atoms with E-state index >= 15 is 0 Å². The molecule has 0 unspecified atom stereocenters. The van der Waals surface area contributed by atoms with Crippen LogP contribution >= 0.6 is 7.14 Å². The molecule has 1 aliphatic heterocycles. The number of benzene rings is 2. The molecule has 1 atom stereocenters. The van der Waals surface area contributed by atoms with E-state index in [1.165, 1.54) is 0 Å². The summed E-state index contributed by atoms with van der Waals surface area (Å²) in [6.45, 7) is 6.01. The Morgan fingerprint density at radius 1 is 1.00 bits per heavy atom. The van der Waals surface area contributed by atoms with Crippen molar-refractivity contribution < 1.29 is 18.8 Å². The number of hydrogen-bond acceptors (Lipinski definition) is 4. The lowest BCUT2D eigenvalue weighted by Gasteiger charge is -2.28. The molecule has 24 heavy (non-hydrogen) atoms. The molecule has 0 radical (unpaired) electrons. The first-order valence-corrected chi connectivity index (χ1v) is 9.79. The van der Waals surface area contributed by atoms with Gasteiger partial charge in [0, 0.05) is 10.7 Å². The second kappa shape index (κ2) is 5.86. The Labute approximate surface area is 143 Å². The molecule has 3 rings (SSSR count). The zero-order valence-corrected chi connectivity index (χ0v) is 15.6. The summed E-state index contributed by atoms with van der Waals surface area (Å²) in [5.74, 6) is 2.07. The molecule has 0 N–H and O–H groups in total. The first-order valence-electron chi connectivity index (χ1n) is 7.90. The maximum atomic E-state index is 13.8. The first kappa shape index (κ1) is 16.9. The molecule has 0 amide bonds. The largest absolute Gasteiger partial charge is 0.496 e. The van der Waals surface area contributed by atoms with Crippen molar-refractivity contribution >= 4 is 12.4 Å². The average Bonchev–Trinajstić information content (AvgIpc) is 2.92. The van der Waals surface area contributed by atoms with Crippen LogP contribution in [0.4, 0.5) is 0 Å². The molecular weight excluding hydrogens is 323 g/mol. The summed E-state index contributed by atoms with van der Waals surface area (Å²) in [7, 11) is 0.512. The summed E-state index contributed by atoms with van der Waals surface area (Å²) in [6.07, 6.45) is 0.236. The van der Waals surface area contributed by atoms with Crippen molar-refractivity contribution in [1.82, 2.24) is 0 Å². The van der Waals surface area contributed by atoms with E-state index in [0.29, 0.717) is 17.2 Å². The molecule has 0 saturated carbocycles. The summed E-state index contributed by atoms with van der Waals surface area (Å²) < 4.78 is 30.7. The standard InChI is InChI=1S/C19H23O4P/c1-19(2,3)24(20)12-23-16-11-6-8-13(18(16)24)17-14(21-4)9-7-10-15(17)22-5/h6-11H,12H2,1-5H3/t24-/m1/s1. The summed E-state index contributed by atoms with van der Waals surface area (Å²) in [4.78, 5) is 0. The molecule has 0 aromatic heterocycles. The summed E-state index contributed by atoms with van der Waals surface area (Å²) in [6, 6.07) is 11.4.